The molecule has 1 N–H and O–H groups in total. The highest BCUT2D eigenvalue weighted by molar-refractivity contribution is 5.87. The van der Waals surface area contributed by atoms with Gasteiger partial charge in [0, 0.05) is 13.0 Å². The Morgan fingerprint density at radius 3 is 2.53 bits per heavy atom. The van der Waals surface area contributed by atoms with Gasteiger partial charge in [-0.2, -0.15) is 5.48 Å². The van der Waals surface area contributed by atoms with E-state index in [1.807, 2.05) is 35.8 Å². The summed E-state index contributed by atoms with van der Waals surface area (Å²) < 4.78 is 0. The molecule has 0 heterocycles. The molecule has 1 aromatic rings. The van der Waals surface area contributed by atoms with E-state index >= 15 is 0 Å². The number of amides is 1. The van der Waals surface area contributed by atoms with E-state index in [-0.39, 0.29) is 0 Å². The Kier molecular flexibility index (Phi) is 4.09. The van der Waals surface area contributed by atoms with E-state index in [1.54, 1.807) is 6.08 Å². The molecule has 0 aliphatic carbocycles. The van der Waals surface area contributed by atoms with Gasteiger partial charge in [-0.25, -0.2) is 4.79 Å². The molecule has 1 aromatic carbocycles. The van der Waals surface area contributed by atoms with Gasteiger partial charge in [-0.05, 0) is 11.6 Å². The number of benzene rings is 1. The molecular weight excluding hydrogens is 194 g/mol. The summed E-state index contributed by atoms with van der Waals surface area (Å²) in [5.74, 6) is -1.04. The summed E-state index contributed by atoms with van der Waals surface area (Å²) in [5.41, 5.74) is 2.83. The number of carbonyl (C=O) groups excluding carboxylic acids is 2. The lowest BCUT2D eigenvalue weighted by Crippen LogP contribution is -2.23. The Hall–Kier alpha value is -2.10. The number of hydrogen-bond donors (Lipinski definition) is 1. The molecule has 4 heteroatoms. The minimum Gasteiger partial charge on any atom is -0.336 e. The van der Waals surface area contributed by atoms with Crippen molar-refractivity contribution in [1.29, 1.82) is 0 Å². The van der Waals surface area contributed by atoms with Crippen molar-refractivity contribution in [3.8, 4) is 0 Å². The molecule has 0 fully saturated rings. The predicted molar refractivity (Wildman–Crippen MR) is 55.4 cm³/mol. The van der Waals surface area contributed by atoms with Crippen molar-refractivity contribution >= 4 is 18.0 Å². The van der Waals surface area contributed by atoms with E-state index in [2.05, 4.69) is 4.84 Å². The molecule has 0 aliphatic rings. The summed E-state index contributed by atoms with van der Waals surface area (Å²) in [7, 11) is 0. The van der Waals surface area contributed by atoms with E-state index < -0.39 is 11.9 Å². The van der Waals surface area contributed by atoms with Crippen molar-refractivity contribution in [3.63, 3.8) is 0 Å². The fourth-order valence-corrected chi connectivity index (χ4v) is 0.885. The minimum absolute atomic E-state index is 0.420. The second-order valence-electron chi connectivity index (χ2n) is 2.82. The molecule has 0 saturated heterocycles. The minimum atomic E-state index is -0.617. The monoisotopic (exact) mass is 205 g/mol. The van der Waals surface area contributed by atoms with Crippen molar-refractivity contribution in [2.75, 3.05) is 0 Å². The number of rotatable bonds is 2. The van der Waals surface area contributed by atoms with Gasteiger partial charge in [0.25, 0.3) is 0 Å². The molecular formula is C11H11NO3. The predicted octanol–water partition coefficient (Wildman–Crippen LogP) is 1.29. The third kappa shape index (κ3) is 4.61. The summed E-state index contributed by atoms with van der Waals surface area (Å²) in [6.07, 6.45) is 2.84. The van der Waals surface area contributed by atoms with Crippen molar-refractivity contribution in [1.82, 2.24) is 5.48 Å². The van der Waals surface area contributed by atoms with Gasteiger partial charge in [-0.3, -0.25) is 4.79 Å². The fraction of sp³-hybridized carbons (Fsp3) is 0.0909. The average Bonchev–Trinajstić information content (AvgIpc) is 2.25. The van der Waals surface area contributed by atoms with Crippen LogP contribution in [0.2, 0.25) is 0 Å². The van der Waals surface area contributed by atoms with E-state index in [1.165, 1.54) is 13.0 Å². The van der Waals surface area contributed by atoms with Crippen molar-refractivity contribution in [2.45, 2.75) is 6.92 Å². The van der Waals surface area contributed by atoms with Crippen LogP contribution in [0.4, 0.5) is 0 Å². The number of hydroxylamine groups is 1. The third-order valence-electron chi connectivity index (χ3n) is 1.51. The second kappa shape index (κ2) is 5.59. The third-order valence-corrected chi connectivity index (χ3v) is 1.51. The van der Waals surface area contributed by atoms with Crippen molar-refractivity contribution in [3.05, 3.63) is 42.0 Å². The summed E-state index contributed by atoms with van der Waals surface area (Å²) in [5, 5.41) is 0. The van der Waals surface area contributed by atoms with Gasteiger partial charge in [0.2, 0.25) is 5.91 Å². The lowest BCUT2D eigenvalue weighted by atomic mass is 10.2. The Morgan fingerprint density at radius 2 is 1.93 bits per heavy atom. The fourth-order valence-electron chi connectivity index (χ4n) is 0.885. The Bertz CT molecular complexity index is 371. The first kappa shape index (κ1) is 11.0. The zero-order chi connectivity index (χ0) is 11.1. The molecule has 1 amide bonds. The normalized spacial score (nSPS) is 9.93. The highest BCUT2D eigenvalue weighted by atomic mass is 16.7. The molecule has 0 unspecified atom stereocenters. The molecule has 4 nitrogen and oxygen atoms in total. The molecule has 0 saturated carbocycles. The van der Waals surface area contributed by atoms with Crippen LogP contribution in [0.25, 0.3) is 6.08 Å². The van der Waals surface area contributed by atoms with E-state index in [0.29, 0.717) is 0 Å². The Balaban J connectivity index is 2.44. The molecule has 0 atom stereocenters. The van der Waals surface area contributed by atoms with E-state index in [0.717, 1.165) is 5.56 Å². The maximum atomic E-state index is 11.0. The molecule has 78 valence electrons. The first-order valence-corrected chi connectivity index (χ1v) is 4.39. The van der Waals surface area contributed by atoms with Gasteiger partial charge in [-0.1, -0.05) is 30.3 Å². The molecule has 15 heavy (non-hydrogen) atoms. The highest BCUT2D eigenvalue weighted by Crippen LogP contribution is 2.00. The lowest BCUT2D eigenvalue weighted by Gasteiger charge is -1.98. The van der Waals surface area contributed by atoms with E-state index in [9.17, 15) is 9.59 Å². The lowest BCUT2D eigenvalue weighted by molar-refractivity contribution is -0.152. The first-order chi connectivity index (χ1) is 7.18. The summed E-state index contributed by atoms with van der Waals surface area (Å²) in [6, 6.07) is 9.30. The van der Waals surface area contributed by atoms with Gasteiger partial charge >= 0.3 is 5.97 Å². The van der Waals surface area contributed by atoms with Crippen LogP contribution in [0.3, 0.4) is 0 Å². The number of nitrogens with one attached hydrogen (secondary N) is 1. The topological polar surface area (TPSA) is 55.4 Å². The highest BCUT2D eigenvalue weighted by Gasteiger charge is 1.97. The summed E-state index contributed by atoms with van der Waals surface area (Å²) in [4.78, 5) is 25.8. The smallest absolute Gasteiger partial charge is 0.336 e. The summed E-state index contributed by atoms with van der Waals surface area (Å²) >= 11 is 0. The van der Waals surface area contributed by atoms with Gasteiger partial charge in [0.15, 0.2) is 0 Å². The summed E-state index contributed by atoms with van der Waals surface area (Å²) in [6.45, 7) is 1.26. The quantitative estimate of drug-likeness (QED) is 0.584. The SMILES string of the molecule is CC(=O)NOC(=O)/C=C/c1ccccc1. The molecule has 1 rings (SSSR count). The van der Waals surface area contributed by atoms with Crippen LogP contribution in [-0.2, 0) is 14.4 Å². The van der Waals surface area contributed by atoms with Crippen LogP contribution in [0.1, 0.15) is 12.5 Å². The zero-order valence-corrected chi connectivity index (χ0v) is 8.27. The van der Waals surface area contributed by atoms with Crippen LogP contribution < -0.4 is 5.48 Å². The van der Waals surface area contributed by atoms with E-state index in [4.69, 9.17) is 0 Å². The van der Waals surface area contributed by atoms with Crippen LogP contribution >= 0.6 is 0 Å². The second-order valence-corrected chi connectivity index (χ2v) is 2.82. The van der Waals surface area contributed by atoms with Crippen LogP contribution in [0.5, 0.6) is 0 Å². The Morgan fingerprint density at radius 1 is 1.27 bits per heavy atom. The zero-order valence-electron chi connectivity index (χ0n) is 8.27. The first-order valence-electron chi connectivity index (χ1n) is 4.39. The van der Waals surface area contributed by atoms with Crippen LogP contribution in [-0.4, -0.2) is 11.9 Å². The van der Waals surface area contributed by atoms with Gasteiger partial charge < -0.3 is 4.84 Å². The molecule has 0 aromatic heterocycles. The van der Waals surface area contributed by atoms with Gasteiger partial charge in [0.1, 0.15) is 0 Å². The van der Waals surface area contributed by atoms with Gasteiger partial charge in [0.05, 0.1) is 0 Å². The van der Waals surface area contributed by atoms with Gasteiger partial charge in [-0.15, -0.1) is 0 Å². The maximum absolute atomic E-state index is 11.0. The average molecular weight is 205 g/mol. The van der Waals surface area contributed by atoms with Crippen LogP contribution in [0.15, 0.2) is 36.4 Å². The molecule has 0 bridgehead atoms. The molecule has 0 aliphatic heterocycles. The number of carbonyl (C=O) groups is 2. The van der Waals surface area contributed by atoms with Crippen molar-refractivity contribution in [2.24, 2.45) is 0 Å². The Labute approximate surface area is 87.5 Å². The molecule has 0 radical (unpaired) electrons. The maximum Gasteiger partial charge on any atom is 0.355 e. The molecule has 0 spiro atoms. The number of hydrogen-bond acceptors (Lipinski definition) is 3. The van der Waals surface area contributed by atoms with Crippen molar-refractivity contribution < 1.29 is 14.4 Å². The standard InChI is InChI=1S/C11H11NO3/c1-9(13)12-15-11(14)8-7-10-5-3-2-4-6-10/h2-8H,1H3,(H,12,13)/b8-7+. The van der Waals surface area contributed by atoms with Crippen LogP contribution in [0, 0.1) is 0 Å². The largest absolute Gasteiger partial charge is 0.355 e.